The van der Waals surface area contributed by atoms with E-state index in [1.165, 1.54) is 77.9 Å². The molecule has 276 valence electrons. The van der Waals surface area contributed by atoms with Crippen LogP contribution in [0.15, 0.2) is 101 Å². The van der Waals surface area contributed by atoms with E-state index in [4.69, 9.17) is 4.42 Å². The molecule has 0 spiro atoms. The van der Waals surface area contributed by atoms with Crippen LogP contribution in [-0.4, -0.2) is 6.71 Å². The van der Waals surface area contributed by atoms with Gasteiger partial charge in [0.25, 0.3) is 6.71 Å². The predicted octanol–water partition coefficient (Wildman–Crippen LogP) is 12.2. The number of hydrogen-bond donors (Lipinski definition) is 0. The van der Waals surface area contributed by atoms with Gasteiger partial charge in [-0.15, -0.1) is 0 Å². The SMILES string of the molecule is CC(C)(C)c1ccc(-c2cc(C(C)(C)C)ccc2N2c3ccccc3B3c4oc5ccc(C(C)(C)C)cc5c4C(C)(C)c4cc(C(C)(C)C)cc2c43)cc1. The maximum Gasteiger partial charge on any atom is 0.292 e. The summed E-state index contributed by atoms with van der Waals surface area (Å²) in [4.78, 5) is 2.58. The summed E-state index contributed by atoms with van der Waals surface area (Å²) in [5, 5.41) is 1.24. The average Bonchev–Trinajstić information content (AvgIpc) is 3.48. The molecule has 0 bridgehead atoms. The molecular formula is C51H58BNO. The van der Waals surface area contributed by atoms with Gasteiger partial charge < -0.3 is 9.32 Å². The first-order valence-electron chi connectivity index (χ1n) is 20.0. The van der Waals surface area contributed by atoms with Crippen molar-refractivity contribution in [1.29, 1.82) is 0 Å². The third-order valence-electron chi connectivity index (χ3n) is 12.3. The Balaban J connectivity index is 1.46. The molecule has 0 saturated heterocycles. The zero-order valence-electron chi connectivity index (χ0n) is 35.2. The zero-order chi connectivity index (χ0) is 38.9. The summed E-state index contributed by atoms with van der Waals surface area (Å²) in [5.74, 6) is 0. The van der Waals surface area contributed by atoms with Crippen LogP contribution >= 0.6 is 0 Å². The Morgan fingerprint density at radius 1 is 0.537 bits per heavy atom. The van der Waals surface area contributed by atoms with Gasteiger partial charge in [-0.05, 0) is 102 Å². The van der Waals surface area contributed by atoms with Crippen LogP contribution in [0.4, 0.5) is 17.1 Å². The molecule has 0 fully saturated rings. The summed E-state index contributed by atoms with van der Waals surface area (Å²) in [6.45, 7) is 32.6. The Kier molecular flexibility index (Phi) is 7.94. The minimum Gasteiger partial charge on any atom is -0.470 e. The Labute approximate surface area is 325 Å². The van der Waals surface area contributed by atoms with Gasteiger partial charge in [0, 0.05) is 33.3 Å². The molecule has 2 nitrogen and oxygen atoms in total. The maximum absolute atomic E-state index is 7.10. The second kappa shape index (κ2) is 11.8. The Bertz CT molecular complexity index is 2450. The van der Waals surface area contributed by atoms with Crippen molar-refractivity contribution in [3.05, 3.63) is 130 Å². The average molecular weight is 712 g/mol. The standard InChI is InChI=1S/C51H58BNO/c1-47(2,3)32-21-19-31(20-22-32)36-27-33(48(4,5)6)23-25-40(36)53-41-18-16-15-17-39(41)52-45-38(29-35(30-42(45)53)50(10,11)12)51(13,14)44-37-28-34(49(7,8)9)24-26-43(37)54-46(44)52/h15-30H,1-14H3. The molecule has 54 heavy (non-hydrogen) atoms. The third-order valence-corrected chi connectivity index (χ3v) is 12.3. The van der Waals surface area contributed by atoms with Crippen LogP contribution in [-0.2, 0) is 27.1 Å². The summed E-state index contributed by atoms with van der Waals surface area (Å²) >= 11 is 0. The van der Waals surface area contributed by atoms with Crippen molar-refractivity contribution in [3.63, 3.8) is 0 Å². The maximum atomic E-state index is 7.10. The van der Waals surface area contributed by atoms with Crippen LogP contribution in [0.1, 0.15) is 130 Å². The topological polar surface area (TPSA) is 16.4 Å². The molecule has 3 heteroatoms. The fraction of sp³-hybridized carbons (Fsp3) is 0.373. The second-order valence-corrected chi connectivity index (χ2v) is 20.8. The van der Waals surface area contributed by atoms with Gasteiger partial charge in [0.2, 0.25) is 0 Å². The first-order chi connectivity index (χ1) is 25.1. The van der Waals surface area contributed by atoms with Gasteiger partial charge >= 0.3 is 0 Å². The van der Waals surface area contributed by atoms with Crippen LogP contribution in [0.5, 0.6) is 0 Å². The molecule has 6 aromatic rings. The van der Waals surface area contributed by atoms with E-state index in [2.05, 4.69) is 199 Å². The van der Waals surface area contributed by atoms with Crippen LogP contribution in [0.3, 0.4) is 0 Å². The van der Waals surface area contributed by atoms with Gasteiger partial charge in [-0.1, -0.05) is 158 Å². The molecule has 2 aliphatic heterocycles. The van der Waals surface area contributed by atoms with Crippen molar-refractivity contribution < 1.29 is 4.42 Å². The highest BCUT2D eigenvalue weighted by molar-refractivity contribution is 6.98. The van der Waals surface area contributed by atoms with Crippen molar-refractivity contribution in [3.8, 4) is 11.1 Å². The lowest BCUT2D eigenvalue weighted by Crippen LogP contribution is -2.63. The molecule has 5 aromatic carbocycles. The van der Waals surface area contributed by atoms with Gasteiger partial charge in [0.1, 0.15) is 5.58 Å². The molecule has 2 aliphatic rings. The molecule has 0 N–H and O–H groups in total. The van der Waals surface area contributed by atoms with Crippen molar-refractivity contribution in [1.82, 2.24) is 0 Å². The van der Waals surface area contributed by atoms with Gasteiger partial charge in [0.05, 0.1) is 11.3 Å². The predicted molar refractivity (Wildman–Crippen MR) is 234 cm³/mol. The van der Waals surface area contributed by atoms with E-state index in [9.17, 15) is 0 Å². The van der Waals surface area contributed by atoms with Crippen LogP contribution < -0.4 is 21.5 Å². The molecule has 0 radical (unpaired) electrons. The molecule has 0 unspecified atom stereocenters. The monoisotopic (exact) mass is 711 g/mol. The zero-order valence-corrected chi connectivity index (χ0v) is 35.2. The van der Waals surface area contributed by atoms with Gasteiger partial charge in [-0.3, -0.25) is 0 Å². The number of benzene rings is 5. The van der Waals surface area contributed by atoms with Crippen molar-refractivity contribution >= 4 is 51.3 Å². The van der Waals surface area contributed by atoms with Crippen molar-refractivity contribution in [2.75, 3.05) is 4.90 Å². The van der Waals surface area contributed by atoms with E-state index in [-0.39, 0.29) is 33.8 Å². The highest BCUT2D eigenvalue weighted by Crippen LogP contribution is 2.49. The third kappa shape index (κ3) is 5.68. The van der Waals surface area contributed by atoms with Crippen LogP contribution in [0, 0.1) is 0 Å². The summed E-state index contributed by atoms with van der Waals surface area (Å²) in [5.41, 5.74) is 18.7. The molecule has 0 saturated carbocycles. The van der Waals surface area contributed by atoms with Gasteiger partial charge in [-0.25, -0.2) is 0 Å². The molecule has 0 amide bonds. The van der Waals surface area contributed by atoms with Crippen molar-refractivity contribution in [2.24, 2.45) is 0 Å². The van der Waals surface area contributed by atoms with E-state index in [0.717, 1.165) is 11.2 Å². The Hall–Kier alpha value is -4.50. The van der Waals surface area contributed by atoms with E-state index in [0.29, 0.717) is 0 Å². The number of rotatable bonds is 2. The fourth-order valence-electron chi connectivity index (χ4n) is 8.97. The number of nitrogens with zero attached hydrogens (tertiary/aromatic N) is 1. The first kappa shape index (κ1) is 36.5. The fourth-order valence-corrected chi connectivity index (χ4v) is 8.97. The van der Waals surface area contributed by atoms with E-state index in [1.54, 1.807) is 0 Å². The smallest absolute Gasteiger partial charge is 0.292 e. The lowest BCUT2D eigenvalue weighted by atomic mass is 9.32. The number of para-hydroxylation sites is 1. The summed E-state index contributed by atoms with van der Waals surface area (Å²) in [7, 11) is 0. The number of furan rings is 1. The Morgan fingerprint density at radius 3 is 1.74 bits per heavy atom. The molecule has 0 aliphatic carbocycles. The van der Waals surface area contributed by atoms with Crippen molar-refractivity contribution in [2.45, 2.75) is 124 Å². The summed E-state index contributed by atoms with van der Waals surface area (Å²) in [6, 6.07) is 37.5. The van der Waals surface area contributed by atoms with Crippen LogP contribution in [0.2, 0.25) is 0 Å². The number of anilines is 3. The molecular weight excluding hydrogens is 653 g/mol. The lowest BCUT2D eigenvalue weighted by molar-refractivity contribution is 0.579. The largest absolute Gasteiger partial charge is 0.470 e. The number of hydrogen-bond acceptors (Lipinski definition) is 2. The van der Waals surface area contributed by atoms with E-state index in [1.807, 2.05) is 0 Å². The quantitative estimate of drug-likeness (QED) is 0.166. The molecule has 1 aromatic heterocycles. The molecule has 0 atom stereocenters. The highest BCUT2D eigenvalue weighted by atomic mass is 16.3. The van der Waals surface area contributed by atoms with E-state index < -0.39 is 0 Å². The van der Waals surface area contributed by atoms with Gasteiger partial charge in [0.15, 0.2) is 0 Å². The summed E-state index contributed by atoms with van der Waals surface area (Å²) in [6.07, 6.45) is 0. The molecule has 3 heterocycles. The normalized spacial score (nSPS) is 15.3. The van der Waals surface area contributed by atoms with E-state index >= 15 is 0 Å². The second-order valence-electron chi connectivity index (χ2n) is 20.8. The Morgan fingerprint density at radius 2 is 1.11 bits per heavy atom. The van der Waals surface area contributed by atoms with Crippen LogP contribution in [0.25, 0.3) is 22.1 Å². The minimum absolute atomic E-state index is 0.00339. The lowest BCUT2D eigenvalue weighted by Gasteiger charge is -2.45. The highest BCUT2D eigenvalue weighted by Gasteiger charge is 2.50. The minimum atomic E-state index is -0.293. The van der Waals surface area contributed by atoms with Gasteiger partial charge in [-0.2, -0.15) is 0 Å². The molecule has 8 rings (SSSR count). The first-order valence-corrected chi connectivity index (χ1v) is 20.0. The summed E-state index contributed by atoms with van der Waals surface area (Å²) < 4.78 is 7.10. The number of fused-ring (bicyclic) bond motifs is 6.